The average Bonchev–Trinajstić information content (AvgIpc) is 2.50. The normalized spacial score (nSPS) is 14.3. The lowest BCUT2D eigenvalue weighted by atomic mass is 9.84. The zero-order chi connectivity index (χ0) is 15.0. The van der Waals surface area contributed by atoms with Crippen LogP contribution in [0.25, 0.3) is 0 Å². The van der Waals surface area contributed by atoms with Gasteiger partial charge in [0.25, 0.3) is 0 Å². The minimum absolute atomic E-state index is 0.0126. The highest BCUT2D eigenvalue weighted by molar-refractivity contribution is 6.38. The van der Waals surface area contributed by atoms with Gasteiger partial charge in [-0.1, -0.05) is 54.1 Å². The molecule has 0 atom stereocenters. The van der Waals surface area contributed by atoms with Gasteiger partial charge < -0.3 is 5.73 Å². The van der Waals surface area contributed by atoms with Gasteiger partial charge in [-0.3, -0.25) is 9.59 Å². The third-order valence-corrected chi connectivity index (χ3v) is 3.87. The first kappa shape index (κ1) is 13.6. The Hall–Kier alpha value is -2.39. The molecule has 2 aromatic carbocycles. The Morgan fingerprint density at radius 1 is 0.905 bits per heavy atom. The summed E-state index contributed by atoms with van der Waals surface area (Å²) in [7, 11) is 0. The second kappa shape index (κ2) is 5.19. The standard InChI is InChI=1S/C17H12ClNO2/c18-13-8-4-7-11-14(13)16(20)12(15(19)17(11)21)9-10-5-2-1-3-6-10/h1-8H,9,19H2. The summed E-state index contributed by atoms with van der Waals surface area (Å²) in [4.78, 5) is 24.9. The second-order valence-electron chi connectivity index (χ2n) is 4.88. The van der Waals surface area contributed by atoms with Crippen molar-refractivity contribution in [3.05, 3.63) is 81.5 Å². The quantitative estimate of drug-likeness (QED) is 0.926. The van der Waals surface area contributed by atoms with E-state index in [1.54, 1.807) is 18.2 Å². The smallest absolute Gasteiger partial charge is 0.209 e. The summed E-state index contributed by atoms with van der Waals surface area (Å²) in [6.07, 6.45) is 0.321. The molecule has 0 fully saturated rings. The van der Waals surface area contributed by atoms with E-state index in [-0.39, 0.29) is 33.4 Å². The number of Topliss-reactive ketones (excluding diaryl/α,β-unsaturated/α-hetero) is 2. The number of hydrogen-bond acceptors (Lipinski definition) is 3. The summed E-state index contributed by atoms with van der Waals surface area (Å²) >= 11 is 6.08. The van der Waals surface area contributed by atoms with Crippen LogP contribution in [0.15, 0.2) is 59.8 Å². The Bertz CT molecular complexity index is 779. The van der Waals surface area contributed by atoms with Crippen molar-refractivity contribution in [1.29, 1.82) is 0 Å². The van der Waals surface area contributed by atoms with Crippen molar-refractivity contribution in [1.82, 2.24) is 0 Å². The molecule has 104 valence electrons. The fourth-order valence-corrected chi connectivity index (χ4v) is 2.74. The van der Waals surface area contributed by atoms with E-state index < -0.39 is 0 Å². The predicted octanol–water partition coefficient (Wildman–Crippen LogP) is 3.17. The Kier molecular flexibility index (Phi) is 3.35. The zero-order valence-electron chi connectivity index (χ0n) is 11.1. The molecule has 2 aromatic rings. The molecule has 0 amide bonds. The molecule has 0 bridgehead atoms. The number of carbonyl (C=O) groups is 2. The van der Waals surface area contributed by atoms with Crippen LogP contribution >= 0.6 is 11.6 Å². The minimum Gasteiger partial charge on any atom is -0.395 e. The van der Waals surface area contributed by atoms with Gasteiger partial charge in [-0.15, -0.1) is 0 Å². The molecule has 0 saturated heterocycles. The molecule has 1 aliphatic carbocycles. The largest absolute Gasteiger partial charge is 0.395 e. The fraction of sp³-hybridized carbons (Fsp3) is 0.0588. The van der Waals surface area contributed by atoms with Crippen LogP contribution in [0.2, 0.25) is 5.02 Å². The first-order valence-electron chi connectivity index (χ1n) is 6.50. The summed E-state index contributed by atoms with van der Waals surface area (Å²) in [6, 6.07) is 14.2. The first-order chi connectivity index (χ1) is 10.1. The summed E-state index contributed by atoms with van der Waals surface area (Å²) in [5, 5.41) is 0.281. The Morgan fingerprint density at radius 2 is 1.62 bits per heavy atom. The van der Waals surface area contributed by atoms with Crippen molar-refractivity contribution in [2.75, 3.05) is 0 Å². The highest BCUT2D eigenvalue weighted by atomic mass is 35.5. The number of ketones is 2. The molecule has 3 rings (SSSR count). The van der Waals surface area contributed by atoms with E-state index in [2.05, 4.69) is 0 Å². The summed E-state index contributed by atoms with van der Waals surface area (Å²) in [5.41, 5.74) is 7.67. The van der Waals surface area contributed by atoms with E-state index in [1.807, 2.05) is 30.3 Å². The number of benzene rings is 2. The maximum atomic E-state index is 12.6. The van der Waals surface area contributed by atoms with Gasteiger partial charge in [0.05, 0.1) is 16.3 Å². The van der Waals surface area contributed by atoms with Crippen molar-refractivity contribution in [2.45, 2.75) is 6.42 Å². The van der Waals surface area contributed by atoms with E-state index >= 15 is 0 Å². The molecule has 3 nitrogen and oxygen atoms in total. The monoisotopic (exact) mass is 297 g/mol. The van der Waals surface area contributed by atoms with Crippen LogP contribution in [-0.4, -0.2) is 11.6 Å². The molecule has 0 spiro atoms. The Morgan fingerprint density at radius 3 is 2.33 bits per heavy atom. The molecule has 0 unspecified atom stereocenters. The second-order valence-corrected chi connectivity index (χ2v) is 5.28. The van der Waals surface area contributed by atoms with E-state index in [4.69, 9.17) is 17.3 Å². The molecule has 21 heavy (non-hydrogen) atoms. The molecule has 2 N–H and O–H groups in total. The maximum absolute atomic E-state index is 12.6. The number of nitrogens with two attached hydrogens (primary N) is 1. The van der Waals surface area contributed by atoms with Gasteiger partial charge in [0.2, 0.25) is 5.78 Å². The number of hydrogen-bond donors (Lipinski definition) is 1. The third kappa shape index (κ3) is 2.26. The van der Waals surface area contributed by atoms with Gasteiger partial charge in [0.1, 0.15) is 0 Å². The van der Waals surface area contributed by atoms with Crippen LogP contribution in [0.5, 0.6) is 0 Å². The molecule has 0 heterocycles. The third-order valence-electron chi connectivity index (χ3n) is 3.55. The van der Waals surface area contributed by atoms with Gasteiger partial charge in [-0.05, 0) is 11.6 Å². The van der Waals surface area contributed by atoms with Crippen LogP contribution in [0.3, 0.4) is 0 Å². The van der Waals surface area contributed by atoms with Gasteiger partial charge in [0, 0.05) is 17.6 Å². The Balaban J connectivity index is 2.10. The van der Waals surface area contributed by atoms with E-state index in [9.17, 15) is 9.59 Å². The lowest BCUT2D eigenvalue weighted by Crippen LogP contribution is -2.27. The van der Waals surface area contributed by atoms with Gasteiger partial charge in [0.15, 0.2) is 5.78 Å². The molecular weight excluding hydrogens is 286 g/mol. The number of halogens is 1. The number of rotatable bonds is 2. The maximum Gasteiger partial charge on any atom is 0.209 e. The van der Waals surface area contributed by atoms with Crippen molar-refractivity contribution in [3.63, 3.8) is 0 Å². The van der Waals surface area contributed by atoms with Crippen molar-refractivity contribution < 1.29 is 9.59 Å². The summed E-state index contributed by atoms with van der Waals surface area (Å²) in [6.45, 7) is 0. The summed E-state index contributed by atoms with van der Waals surface area (Å²) in [5.74, 6) is -0.602. The molecule has 0 saturated carbocycles. The molecule has 4 heteroatoms. The molecular formula is C17H12ClNO2. The highest BCUT2D eigenvalue weighted by Gasteiger charge is 2.32. The van der Waals surface area contributed by atoms with E-state index in [0.29, 0.717) is 12.0 Å². The SMILES string of the molecule is NC1=C(Cc2ccccc2)C(=O)c2c(Cl)cccc2C1=O. The fourth-order valence-electron chi connectivity index (χ4n) is 2.47. The van der Waals surface area contributed by atoms with Crippen molar-refractivity contribution in [2.24, 2.45) is 5.73 Å². The number of carbonyl (C=O) groups excluding carboxylic acids is 2. The van der Waals surface area contributed by atoms with E-state index in [0.717, 1.165) is 5.56 Å². The zero-order valence-corrected chi connectivity index (χ0v) is 11.9. The number of allylic oxidation sites excluding steroid dienone is 2. The van der Waals surface area contributed by atoms with E-state index in [1.165, 1.54) is 0 Å². The van der Waals surface area contributed by atoms with Crippen LogP contribution in [0.4, 0.5) is 0 Å². The lowest BCUT2D eigenvalue weighted by Gasteiger charge is -2.19. The van der Waals surface area contributed by atoms with Crippen LogP contribution < -0.4 is 5.73 Å². The van der Waals surface area contributed by atoms with Gasteiger partial charge in [-0.2, -0.15) is 0 Å². The molecule has 0 radical (unpaired) electrons. The van der Waals surface area contributed by atoms with Gasteiger partial charge in [-0.25, -0.2) is 0 Å². The highest BCUT2D eigenvalue weighted by Crippen LogP contribution is 2.31. The first-order valence-corrected chi connectivity index (χ1v) is 6.88. The molecule has 1 aliphatic rings. The van der Waals surface area contributed by atoms with Crippen molar-refractivity contribution >= 4 is 23.2 Å². The minimum atomic E-state index is -0.335. The van der Waals surface area contributed by atoms with Crippen LogP contribution in [-0.2, 0) is 6.42 Å². The predicted molar refractivity (Wildman–Crippen MR) is 81.5 cm³/mol. The van der Waals surface area contributed by atoms with Gasteiger partial charge >= 0.3 is 0 Å². The number of fused-ring (bicyclic) bond motifs is 1. The van der Waals surface area contributed by atoms with Crippen LogP contribution in [0.1, 0.15) is 26.3 Å². The Labute approximate surface area is 127 Å². The summed E-state index contributed by atoms with van der Waals surface area (Å²) < 4.78 is 0. The van der Waals surface area contributed by atoms with Crippen molar-refractivity contribution in [3.8, 4) is 0 Å². The lowest BCUT2D eigenvalue weighted by molar-refractivity contribution is 0.0971. The topological polar surface area (TPSA) is 60.2 Å². The molecule has 0 aromatic heterocycles. The van der Waals surface area contributed by atoms with Crippen LogP contribution in [0, 0.1) is 0 Å². The molecule has 0 aliphatic heterocycles. The average molecular weight is 298 g/mol.